The molecule has 0 aliphatic carbocycles. The third-order valence-electron chi connectivity index (χ3n) is 5.58. The van der Waals surface area contributed by atoms with Crippen molar-refractivity contribution in [3.63, 3.8) is 0 Å². The lowest BCUT2D eigenvalue weighted by atomic mass is 10.1. The van der Waals surface area contributed by atoms with Crippen molar-refractivity contribution in [1.29, 1.82) is 0 Å². The molecule has 0 aliphatic heterocycles. The molecule has 7 nitrogen and oxygen atoms in total. The molecule has 0 bridgehead atoms. The third kappa shape index (κ3) is 3.07. The van der Waals surface area contributed by atoms with Crippen LogP contribution in [-0.2, 0) is 6.54 Å². The maximum Gasteiger partial charge on any atom is 0.113 e. The van der Waals surface area contributed by atoms with Crippen LogP contribution in [-0.4, -0.2) is 35.0 Å². The minimum absolute atomic E-state index is 0.717. The second kappa shape index (κ2) is 6.91. The van der Waals surface area contributed by atoms with Gasteiger partial charge < -0.3 is 0 Å². The average Bonchev–Trinajstić information content (AvgIpc) is 3.53. The molecule has 0 atom stereocenters. The summed E-state index contributed by atoms with van der Waals surface area (Å²) >= 11 is 0. The Balaban J connectivity index is 1.41. The summed E-state index contributed by atoms with van der Waals surface area (Å²) < 4.78 is 3.89. The Hall–Kier alpha value is -4.26. The van der Waals surface area contributed by atoms with Crippen molar-refractivity contribution < 1.29 is 0 Å². The van der Waals surface area contributed by atoms with Gasteiger partial charge in [0.25, 0.3) is 0 Å². The number of hydrogen-bond donors (Lipinski definition) is 1. The number of rotatable bonds is 4. The Morgan fingerprint density at radius 2 is 1.84 bits per heavy atom. The Kier molecular flexibility index (Phi) is 3.92. The zero-order chi connectivity index (χ0) is 20.8. The highest BCUT2D eigenvalue weighted by Gasteiger charge is 2.12. The van der Waals surface area contributed by atoms with Gasteiger partial charge in [-0.1, -0.05) is 41.1 Å². The van der Waals surface area contributed by atoms with Crippen molar-refractivity contribution in [3.05, 3.63) is 90.3 Å². The van der Waals surface area contributed by atoms with Crippen LogP contribution in [0.3, 0.4) is 0 Å². The minimum Gasteiger partial charge on any atom is -0.278 e. The Labute approximate surface area is 177 Å². The van der Waals surface area contributed by atoms with Gasteiger partial charge in [0.2, 0.25) is 0 Å². The van der Waals surface area contributed by atoms with Crippen LogP contribution in [0.4, 0.5) is 0 Å². The van der Waals surface area contributed by atoms with E-state index in [9.17, 15) is 0 Å². The van der Waals surface area contributed by atoms with Gasteiger partial charge in [0.05, 0.1) is 35.2 Å². The molecule has 0 fully saturated rings. The molecule has 0 unspecified atom stereocenters. The minimum atomic E-state index is 0.717. The third-order valence-corrected chi connectivity index (χ3v) is 5.58. The number of aryl methyl sites for hydroxylation is 1. The summed E-state index contributed by atoms with van der Waals surface area (Å²) in [5.41, 5.74) is 8.29. The number of benzene rings is 3. The largest absolute Gasteiger partial charge is 0.278 e. The zero-order valence-corrected chi connectivity index (χ0v) is 16.9. The molecule has 3 aromatic carbocycles. The number of aromatic nitrogens is 7. The lowest BCUT2D eigenvalue weighted by Crippen LogP contribution is -2.03. The fourth-order valence-corrected chi connectivity index (χ4v) is 3.90. The fourth-order valence-electron chi connectivity index (χ4n) is 3.90. The summed E-state index contributed by atoms with van der Waals surface area (Å²) in [6.45, 7) is 2.81. The average molecular weight is 405 g/mol. The van der Waals surface area contributed by atoms with E-state index >= 15 is 0 Å². The molecule has 0 radical (unpaired) electrons. The highest BCUT2D eigenvalue weighted by molar-refractivity contribution is 5.84. The van der Waals surface area contributed by atoms with E-state index in [0.717, 1.165) is 38.9 Å². The molecular weight excluding hydrogens is 386 g/mol. The van der Waals surface area contributed by atoms with Crippen LogP contribution in [0.15, 0.2) is 79.1 Å². The Morgan fingerprint density at radius 3 is 2.74 bits per heavy atom. The molecule has 6 aromatic rings. The number of H-pyrrole nitrogens is 1. The first-order valence-electron chi connectivity index (χ1n) is 10.1. The van der Waals surface area contributed by atoms with Gasteiger partial charge in [-0.3, -0.25) is 9.78 Å². The summed E-state index contributed by atoms with van der Waals surface area (Å²) in [5.74, 6) is 0. The SMILES string of the molecule is Cc1ccc(Cn2nccc2-c2ccc3nnn(-c4ccc5cn[nH]c5c4)c3c2)cc1. The van der Waals surface area contributed by atoms with Crippen LogP contribution < -0.4 is 0 Å². The van der Waals surface area contributed by atoms with E-state index in [1.807, 2.05) is 52.1 Å². The van der Waals surface area contributed by atoms with Crippen LogP contribution in [0.1, 0.15) is 11.1 Å². The highest BCUT2D eigenvalue weighted by atomic mass is 15.4. The first kappa shape index (κ1) is 17.6. The van der Waals surface area contributed by atoms with Crippen LogP contribution >= 0.6 is 0 Å². The zero-order valence-electron chi connectivity index (χ0n) is 16.9. The summed E-state index contributed by atoms with van der Waals surface area (Å²) in [5, 5.41) is 21.5. The molecule has 3 aromatic heterocycles. The molecule has 0 aliphatic rings. The maximum atomic E-state index is 4.55. The van der Waals surface area contributed by atoms with E-state index in [0.29, 0.717) is 6.54 Å². The van der Waals surface area contributed by atoms with Gasteiger partial charge in [0.1, 0.15) is 5.52 Å². The second-order valence-corrected chi connectivity index (χ2v) is 7.71. The van der Waals surface area contributed by atoms with Gasteiger partial charge in [0, 0.05) is 17.1 Å². The van der Waals surface area contributed by atoms with Crippen LogP contribution in [0.2, 0.25) is 0 Å². The molecule has 0 spiro atoms. The van der Waals surface area contributed by atoms with Gasteiger partial charge in [-0.05, 0) is 48.9 Å². The first-order chi connectivity index (χ1) is 15.2. The topological polar surface area (TPSA) is 77.2 Å². The summed E-state index contributed by atoms with van der Waals surface area (Å²) in [6.07, 6.45) is 3.65. The molecule has 0 amide bonds. The van der Waals surface area contributed by atoms with E-state index in [4.69, 9.17) is 0 Å². The van der Waals surface area contributed by atoms with E-state index in [1.54, 1.807) is 0 Å². The molecule has 0 saturated heterocycles. The van der Waals surface area contributed by atoms with Gasteiger partial charge >= 0.3 is 0 Å². The van der Waals surface area contributed by atoms with Crippen molar-refractivity contribution in [2.45, 2.75) is 13.5 Å². The maximum absolute atomic E-state index is 4.55. The normalized spacial score (nSPS) is 11.5. The molecule has 31 heavy (non-hydrogen) atoms. The van der Waals surface area contributed by atoms with E-state index in [2.05, 4.69) is 68.9 Å². The van der Waals surface area contributed by atoms with Crippen LogP contribution in [0.25, 0.3) is 38.9 Å². The Bertz CT molecular complexity index is 1520. The number of nitrogens with one attached hydrogen (secondary N) is 1. The highest BCUT2D eigenvalue weighted by Crippen LogP contribution is 2.26. The predicted molar refractivity (Wildman–Crippen MR) is 120 cm³/mol. The van der Waals surface area contributed by atoms with Crippen molar-refractivity contribution in [2.75, 3.05) is 0 Å². The molecule has 0 saturated carbocycles. The smallest absolute Gasteiger partial charge is 0.113 e. The first-order valence-corrected chi connectivity index (χ1v) is 10.1. The van der Waals surface area contributed by atoms with Crippen molar-refractivity contribution in [3.8, 4) is 16.9 Å². The molecule has 6 rings (SSSR count). The predicted octanol–water partition coefficient (Wildman–Crippen LogP) is 4.52. The lowest BCUT2D eigenvalue weighted by Gasteiger charge is -2.09. The van der Waals surface area contributed by atoms with Crippen molar-refractivity contribution in [1.82, 2.24) is 35.0 Å². The van der Waals surface area contributed by atoms with Crippen molar-refractivity contribution in [2.24, 2.45) is 0 Å². The Morgan fingerprint density at radius 1 is 0.935 bits per heavy atom. The van der Waals surface area contributed by atoms with E-state index in [-0.39, 0.29) is 0 Å². The van der Waals surface area contributed by atoms with Gasteiger partial charge in [-0.15, -0.1) is 5.10 Å². The number of nitrogens with zero attached hydrogens (tertiary/aromatic N) is 6. The van der Waals surface area contributed by atoms with E-state index < -0.39 is 0 Å². The molecule has 1 N–H and O–H groups in total. The fraction of sp³-hybridized carbons (Fsp3) is 0.0833. The van der Waals surface area contributed by atoms with Crippen LogP contribution in [0, 0.1) is 6.92 Å². The molecule has 150 valence electrons. The van der Waals surface area contributed by atoms with Crippen LogP contribution in [0.5, 0.6) is 0 Å². The van der Waals surface area contributed by atoms with E-state index in [1.165, 1.54) is 11.1 Å². The standard InChI is InChI=1S/C24H19N7/c1-16-2-4-17(5-3-16)15-30-23(10-11-26-30)18-7-9-21-24(12-18)31(29-28-21)20-8-6-19-14-25-27-22(19)13-20/h2-14H,15H2,1H3,(H,25,27). The summed E-state index contributed by atoms with van der Waals surface area (Å²) in [7, 11) is 0. The lowest BCUT2D eigenvalue weighted by molar-refractivity contribution is 0.694. The second-order valence-electron chi connectivity index (χ2n) is 7.71. The summed E-state index contributed by atoms with van der Waals surface area (Å²) in [6, 6.07) is 22.9. The summed E-state index contributed by atoms with van der Waals surface area (Å²) in [4.78, 5) is 0. The number of hydrogen-bond acceptors (Lipinski definition) is 4. The molecule has 7 heteroatoms. The van der Waals surface area contributed by atoms with Gasteiger partial charge in [-0.25, -0.2) is 4.68 Å². The number of fused-ring (bicyclic) bond motifs is 2. The molecular formula is C24H19N7. The molecule has 3 heterocycles. The van der Waals surface area contributed by atoms with Crippen molar-refractivity contribution >= 4 is 21.9 Å². The van der Waals surface area contributed by atoms with Gasteiger partial charge in [-0.2, -0.15) is 10.2 Å². The number of aromatic amines is 1. The quantitative estimate of drug-likeness (QED) is 0.468. The van der Waals surface area contributed by atoms with Gasteiger partial charge in [0.15, 0.2) is 0 Å². The monoisotopic (exact) mass is 405 g/mol.